The second-order valence-corrected chi connectivity index (χ2v) is 17.1. The Balaban J connectivity index is -0.0000101. The van der Waals surface area contributed by atoms with Gasteiger partial charge in [-0.3, -0.25) is 0 Å². The number of halogens is 2. The minimum atomic E-state index is 0. The first-order valence-corrected chi connectivity index (χ1v) is 22.0. The quantitative estimate of drug-likeness (QED) is 0.0432. The van der Waals surface area contributed by atoms with Gasteiger partial charge in [-0.1, -0.05) is 194 Å². The molecule has 0 rings (SSSR count). The molecule has 294 valence electrons. The van der Waals surface area contributed by atoms with Gasteiger partial charge in [0.05, 0.1) is 54.4 Å². The average Bonchev–Trinajstić information content (AvgIpc) is 3.02. The molecule has 4 heteroatoms. The number of quaternary nitrogens is 2. The molecule has 0 saturated carbocycles. The second kappa shape index (κ2) is 40.6. The minimum absolute atomic E-state index is 0. The Morgan fingerprint density at radius 2 is 0.333 bits per heavy atom. The van der Waals surface area contributed by atoms with E-state index >= 15 is 0 Å². The lowest BCUT2D eigenvalue weighted by Gasteiger charge is -2.32. The summed E-state index contributed by atoms with van der Waals surface area (Å²) >= 11 is 0. The van der Waals surface area contributed by atoms with E-state index in [0.29, 0.717) is 0 Å². The third-order valence-electron chi connectivity index (χ3n) is 11.0. The predicted molar refractivity (Wildman–Crippen MR) is 212 cm³/mol. The van der Waals surface area contributed by atoms with Crippen LogP contribution in [0.2, 0.25) is 0 Å². The lowest BCUT2D eigenvalue weighted by atomic mass is 10.0. The van der Waals surface area contributed by atoms with Gasteiger partial charge in [0.1, 0.15) is 0 Å². The number of hydrogen-bond acceptors (Lipinski definition) is 0. The van der Waals surface area contributed by atoms with Gasteiger partial charge in [0.2, 0.25) is 0 Å². The molecule has 0 heterocycles. The number of rotatable bonds is 39. The molecule has 0 unspecified atom stereocenters. The van der Waals surface area contributed by atoms with E-state index in [4.69, 9.17) is 0 Å². The molecule has 0 aliphatic rings. The van der Waals surface area contributed by atoms with E-state index in [1.807, 2.05) is 0 Å². The lowest BCUT2D eigenvalue weighted by Crippen LogP contribution is -3.00. The van der Waals surface area contributed by atoms with Gasteiger partial charge in [-0.05, 0) is 25.7 Å². The van der Waals surface area contributed by atoms with Gasteiger partial charge < -0.3 is 42.9 Å². The molecular weight excluding hydrogens is 716 g/mol. The maximum atomic E-state index is 2.47. The fourth-order valence-electron chi connectivity index (χ4n) is 7.48. The summed E-state index contributed by atoms with van der Waals surface area (Å²) in [6.07, 6.45) is 49.6. The summed E-state index contributed by atoms with van der Waals surface area (Å²) in [7, 11) is 9.90. The third-order valence-corrected chi connectivity index (χ3v) is 11.0. The number of hydrogen-bond donors (Lipinski definition) is 0. The minimum Gasteiger partial charge on any atom is -1.00 e. The molecule has 0 spiro atoms. The van der Waals surface area contributed by atoms with Gasteiger partial charge in [-0.25, -0.2) is 0 Å². The molecule has 0 aromatic heterocycles. The molecule has 0 saturated heterocycles. The van der Waals surface area contributed by atoms with E-state index in [9.17, 15) is 0 Å². The van der Waals surface area contributed by atoms with Crippen LogP contribution < -0.4 is 34.0 Å². The highest BCUT2D eigenvalue weighted by molar-refractivity contribution is 4.52. The molecular formula is C44H94Br2N2. The summed E-state index contributed by atoms with van der Waals surface area (Å²) in [5, 5.41) is 0. The summed E-state index contributed by atoms with van der Waals surface area (Å²) in [6, 6.07) is 0. The molecule has 0 aliphatic heterocycles. The van der Waals surface area contributed by atoms with Crippen LogP contribution in [0.5, 0.6) is 0 Å². The zero-order valence-electron chi connectivity index (χ0n) is 34.5. The van der Waals surface area contributed by atoms with Crippen LogP contribution in [0.4, 0.5) is 0 Å². The summed E-state index contributed by atoms with van der Waals surface area (Å²) in [5.41, 5.74) is 0. The van der Waals surface area contributed by atoms with E-state index in [0.717, 1.165) is 0 Å². The normalized spacial score (nSPS) is 11.9. The van der Waals surface area contributed by atoms with Crippen molar-refractivity contribution in [2.75, 3.05) is 54.4 Å². The highest BCUT2D eigenvalue weighted by Crippen LogP contribution is 2.16. The third kappa shape index (κ3) is 43.0. The van der Waals surface area contributed by atoms with Gasteiger partial charge in [0.15, 0.2) is 0 Å². The first kappa shape index (κ1) is 53.2. The fraction of sp³-hybridized carbons (Fsp3) is 1.00. The lowest BCUT2D eigenvalue weighted by molar-refractivity contribution is -0.897. The van der Waals surface area contributed by atoms with Crippen LogP contribution in [0.25, 0.3) is 0 Å². The van der Waals surface area contributed by atoms with Gasteiger partial charge >= 0.3 is 0 Å². The second-order valence-electron chi connectivity index (χ2n) is 17.1. The highest BCUT2D eigenvalue weighted by Gasteiger charge is 2.17. The zero-order chi connectivity index (χ0) is 33.9. The molecule has 0 aliphatic carbocycles. The van der Waals surface area contributed by atoms with Crippen LogP contribution in [0.1, 0.15) is 232 Å². The van der Waals surface area contributed by atoms with Crippen LogP contribution in [0.3, 0.4) is 0 Å². The van der Waals surface area contributed by atoms with Crippen molar-refractivity contribution in [3.63, 3.8) is 0 Å². The largest absolute Gasteiger partial charge is 1.00 e. The van der Waals surface area contributed by atoms with E-state index in [2.05, 4.69) is 42.0 Å². The molecule has 0 aromatic carbocycles. The van der Waals surface area contributed by atoms with Crippen LogP contribution in [-0.2, 0) is 0 Å². The number of nitrogens with zero attached hydrogens (tertiary/aromatic N) is 2. The molecule has 0 bridgehead atoms. The molecule has 0 N–H and O–H groups in total. The van der Waals surface area contributed by atoms with E-state index in [1.54, 1.807) is 0 Å². The average molecular weight is 811 g/mol. The Morgan fingerprint density at radius 1 is 0.208 bits per heavy atom. The summed E-state index contributed by atoms with van der Waals surface area (Å²) in [6.45, 7) is 10.1. The van der Waals surface area contributed by atoms with E-state index in [1.165, 1.54) is 253 Å². The Kier molecular flexibility index (Phi) is 45.1. The Hall–Kier alpha value is 0.880. The highest BCUT2D eigenvalue weighted by atomic mass is 79.9. The molecule has 0 amide bonds. The Bertz CT molecular complexity index is 530. The van der Waals surface area contributed by atoms with Gasteiger partial charge in [-0.15, -0.1) is 0 Å². The standard InChI is InChI=1S/C44H94N2.2BrH/c1-7-9-11-13-15-17-19-21-23-25-27-29-31-33-35-37-41-45(3,4)43-39-40-44-46(5,6)42-38-36-34-32-30-28-26-24-22-20-18-16-14-12-10-8-2;;/h7-44H2,1-6H3;2*1H/q+2;;/p-2. The van der Waals surface area contributed by atoms with Crippen molar-refractivity contribution in [3.8, 4) is 0 Å². The van der Waals surface area contributed by atoms with Crippen molar-refractivity contribution in [3.05, 3.63) is 0 Å². The molecule has 0 fully saturated rings. The van der Waals surface area contributed by atoms with Crippen LogP contribution >= 0.6 is 0 Å². The molecule has 0 atom stereocenters. The smallest absolute Gasteiger partial charge is 0.0784 e. The van der Waals surface area contributed by atoms with Crippen LogP contribution in [-0.4, -0.2) is 63.3 Å². The monoisotopic (exact) mass is 809 g/mol. The van der Waals surface area contributed by atoms with Crippen LogP contribution in [0.15, 0.2) is 0 Å². The maximum absolute atomic E-state index is 2.47. The van der Waals surface area contributed by atoms with Crippen molar-refractivity contribution < 1.29 is 42.9 Å². The first-order chi connectivity index (χ1) is 22.3. The van der Waals surface area contributed by atoms with Crippen molar-refractivity contribution in [1.82, 2.24) is 0 Å². The van der Waals surface area contributed by atoms with Crippen molar-refractivity contribution in [2.45, 2.75) is 232 Å². The topological polar surface area (TPSA) is 0 Å². The molecule has 2 nitrogen and oxygen atoms in total. The van der Waals surface area contributed by atoms with Crippen molar-refractivity contribution >= 4 is 0 Å². The Labute approximate surface area is 327 Å². The molecule has 0 radical (unpaired) electrons. The van der Waals surface area contributed by atoms with Gasteiger partial charge in [0.25, 0.3) is 0 Å². The van der Waals surface area contributed by atoms with Gasteiger partial charge in [-0.2, -0.15) is 0 Å². The Morgan fingerprint density at radius 3 is 0.500 bits per heavy atom. The molecule has 48 heavy (non-hydrogen) atoms. The van der Waals surface area contributed by atoms with Crippen LogP contribution in [0, 0.1) is 0 Å². The summed E-state index contributed by atoms with van der Waals surface area (Å²) in [4.78, 5) is 0. The first-order valence-electron chi connectivity index (χ1n) is 22.0. The SMILES string of the molecule is CCCCCCCCCCCCCCCCCC[N+](C)(C)CCCC[N+](C)(C)CCCCCCCCCCCCCCCCCC.[Br-].[Br-]. The zero-order valence-corrected chi connectivity index (χ0v) is 37.7. The summed E-state index contributed by atoms with van der Waals surface area (Å²) < 4.78 is 2.45. The van der Waals surface area contributed by atoms with Crippen molar-refractivity contribution in [2.24, 2.45) is 0 Å². The van der Waals surface area contributed by atoms with Crippen molar-refractivity contribution in [1.29, 1.82) is 0 Å². The number of unbranched alkanes of at least 4 members (excludes halogenated alkanes) is 31. The molecule has 0 aromatic rings. The predicted octanol–water partition coefficient (Wildman–Crippen LogP) is 8.45. The van der Waals surface area contributed by atoms with Gasteiger partial charge in [0, 0.05) is 12.8 Å². The van der Waals surface area contributed by atoms with E-state index in [-0.39, 0.29) is 34.0 Å². The fourth-order valence-corrected chi connectivity index (χ4v) is 7.48. The maximum Gasteiger partial charge on any atom is 0.0784 e. The van der Waals surface area contributed by atoms with E-state index < -0.39 is 0 Å². The summed E-state index contributed by atoms with van der Waals surface area (Å²) in [5.74, 6) is 0.